The summed E-state index contributed by atoms with van der Waals surface area (Å²) < 4.78 is 8.54. The van der Waals surface area contributed by atoms with Crippen molar-refractivity contribution in [3.8, 4) is 6.01 Å². The Balaban J connectivity index is 1.88. The van der Waals surface area contributed by atoms with Gasteiger partial charge >= 0.3 is 6.01 Å². The van der Waals surface area contributed by atoms with E-state index in [4.69, 9.17) is 10.5 Å². The van der Waals surface area contributed by atoms with Gasteiger partial charge < -0.3 is 15.8 Å². The van der Waals surface area contributed by atoms with Crippen molar-refractivity contribution in [3.05, 3.63) is 72.0 Å². The number of ether oxygens (including phenoxy) is 1. The van der Waals surface area contributed by atoms with E-state index in [2.05, 4.69) is 25.4 Å². The number of hydrogen-bond donors (Lipinski definition) is 3. The van der Waals surface area contributed by atoms with Crippen LogP contribution in [0.3, 0.4) is 0 Å². The van der Waals surface area contributed by atoms with Gasteiger partial charge in [-0.25, -0.2) is 4.98 Å². The van der Waals surface area contributed by atoms with E-state index in [1.165, 1.54) is 0 Å². The van der Waals surface area contributed by atoms with E-state index in [1.807, 2.05) is 54.1 Å². The van der Waals surface area contributed by atoms with E-state index >= 15 is 0 Å². The smallest absolute Gasteiger partial charge is 0.318 e. The minimum absolute atomic E-state index is 0.0719. The van der Waals surface area contributed by atoms with Crippen molar-refractivity contribution >= 4 is 34.6 Å². The van der Waals surface area contributed by atoms with Crippen LogP contribution in [-0.4, -0.2) is 21.9 Å². The first-order valence-corrected chi connectivity index (χ1v) is 9.37. The second kappa shape index (κ2) is 10.6. The molecule has 4 N–H and O–H groups in total. The predicted molar refractivity (Wildman–Crippen MR) is 114 cm³/mol. The molecule has 1 heterocycles. The molecule has 0 aliphatic heterocycles. The first kappa shape index (κ1) is 20.8. The maximum atomic E-state index is 12.3. The fourth-order valence-corrected chi connectivity index (χ4v) is 2.55. The minimum atomic E-state index is -0.127. The molecule has 8 heteroatoms. The number of hydrogen-bond acceptors (Lipinski definition) is 6. The number of carbonyl (C=O) groups excluding carboxylic acids is 1. The van der Waals surface area contributed by atoms with Crippen LogP contribution in [0.4, 0.5) is 5.82 Å². The second-order valence-electron chi connectivity index (χ2n) is 5.74. The summed E-state index contributed by atoms with van der Waals surface area (Å²) >= 11 is 2.03. The maximum absolute atomic E-state index is 12.3. The van der Waals surface area contributed by atoms with Gasteiger partial charge in [0.2, 0.25) is 5.91 Å². The van der Waals surface area contributed by atoms with Crippen LogP contribution < -0.4 is 19.3 Å². The lowest BCUT2D eigenvalue weighted by Gasteiger charge is -2.14. The Bertz CT molecular complexity index is 808. The lowest BCUT2D eigenvalue weighted by molar-refractivity contribution is -0.117. The molecule has 0 spiro atoms. The maximum Gasteiger partial charge on any atom is 0.318 e. The van der Waals surface area contributed by atoms with E-state index in [1.54, 1.807) is 24.4 Å². The minimum Gasteiger partial charge on any atom is -0.459 e. The summed E-state index contributed by atoms with van der Waals surface area (Å²) in [5, 5.41) is 2.92. The number of amides is 1. The van der Waals surface area contributed by atoms with Gasteiger partial charge in [-0.1, -0.05) is 43.0 Å². The summed E-state index contributed by atoms with van der Waals surface area (Å²) in [5.41, 5.74) is 8.17. The Morgan fingerprint density at radius 1 is 1.33 bits per heavy atom. The van der Waals surface area contributed by atoms with Crippen molar-refractivity contribution in [2.24, 2.45) is 0 Å². The predicted octanol–water partition coefficient (Wildman–Crippen LogP) is 2.69. The Kier molecular flexibility index (Phi) is 8.21. The van der Waals surface area contributed by atoms with Crippen molar-refractivity contribution in [1.29, 1.82) is 0 Å². The third-order valence-corrected chi connectivity index (χ3v) is 4.62. The molecule has 27 heavy (non-hydrogen) atoms. The molecule has 1 aromatic carbocycles. The van der Waals surface area contributed by atoms with Gasteiger partial charge in [0.05, 0.1) is 0 Å². The monoisotopic (exact) mass is 479 g/mol. The zero-order valence-corrected chi connectivity index (χ0v) is 17.1. The molecule has 0 aliphatic rings. The largest absolute Gasteiger partial charge is 0.459 e. The molecule has 0 fully saturated rings. The quantitative estimate of drug-likeness (QED) is 0.221. The normalized spacial score (nSPS) is 12.3. The van der Waals surface area contributed by atoms with Crippen molar-refractivity contribution in [2.45, 2.75) is 26.1 Å². The van der Waals surface area contributed by atoms with Gasteiger partial charge in [-0.15, -0.1) is 0 Å². The second-order valence-corrected chi connectivity index (χ2v) is 6.36. The third-order valence-electron chi connectivity index (χ3n) is 3.69. The average molecular weight is 479 g/mol. The summed E-state index contributed by atoms with van der Waals surface area (Å²) in [7, 11) is 0. The Hall–Kier alpha value is -2.46. The molecule has 0 saturated carbocycles. The van der Waals surface area contributed by atoms with Gasteiger partial charge in [0.15, 0.2) is 0 Å². The van der Waals surface area contributed by atoms with Crippen LogP contribution in [0.15, 0.2) is 60.8 Å². The van der Waals surface area contributed by atoms with Gasteiger partial charge in [-0.3, -0.25) is 8.32 Å². The number of nitrogens with one attached hydrogen (secondary N) is 2. The topological polar surface area (TPSA) is 102 Å². The van der Waals surface area contributed by atoms with E-state index in [9.17, 15) is 4.79 Å². The molecule has 0 saturated heterocycles. The fraction of sp³-hybridized carbons (Fsp3) is 0.211. The van der Waals surface area contributed by atoms with Crippen LogP contribution in [0.5, 0.6) is 6.01 Å². The molecule has 1 aromatic heterocycles. The number of nitrogens with zero attached hydrogens (tertiary/aromatic N) is 2. The van der Waals surface area contributed by atoms with Crippen LogP contribution in [0, 0.1) is 0 Å². The van der Waals surface area contributed by atoms with Crippen molar-refractivity contribution in [1.82, 2.24) is 18.8 Å². The van der Waals surface area contributed by atoms with Crippen LogP contribution in [0.2, 0.25) is 0 Å². The summed E-state index contributed by atoms with van der Waals surface area (Å²) in [6.45, 7) is 6.34. The number of halogens is 1. The van der Waals surface area contributed by atoms with Crippen molar-refractivity contribution in [2.75, 3.05) is 5.73 Å². The zero-order chi connectivity index (χ0) is 19.6. The third kappa shape index (κ3) is 6.65. The highest BCUT2D eigenvalue weighted by Gasteiger charge is 2.14. The van der Waals surface area contributed by atoms with Gasteiger partial charge in [-0.05, 0) is 24.1 Å². The molecule has 0 bridgehead atoms. The highest BCUT2D eigenvalue weighted by atomic mass is 127. The molecule has 1 amide bonds. The number of anilines is 1. The lowest BCUT2D eigenvalue weighted by atomic mass is 10.1. The summed E-state index contributed by atoms with van der Waals surface area (Å²) in [6.07, 6.45) is 4.87. The number of nitrogen functional groups attached to an aromatic ring is 1. The van der Waals surface area contributed by atoms with Crippen molar-refractivity contribution in [3.63, 3.8) is 0 Å². The molecule has 2 rings (SSSR count). The SMILES string of the molecule is C=C/C=C(/C(=O)NCc1ccc(COc2nccc(N)n2)cc1)C(C)NI. The first-order chi connectivity index (χ1) is 13.0. The van der Waals surface area contributed by atoms with E-state index < -0.39 is 0 Å². The van der Waals surface area contributed by atoms with Crippen LogP contribution in [0.1, 0.15) is 18.1 Å². The Labute approximate surface area is 172 Å². The van der Waals surface area contributed by atoms with E-state index in [0.717, 1.165) is 11.1 Å². The molecule has 0 aliphatic carbocycles. The number of nitrogens with two attached hydrogens (primary N) is 1. The van der Waals surface area contributed by atoms with E-state index in [-0.39, 0.29) is 18.0 Å². The number of rotatable bonds is 9. The molecular weight excluding hydrogens is 457 g/mol. The number of allylic oxidation sites excluding steroid dienone is 2. The summed E-state index contributed by atoms with van der Waals surface area (Å²) in [6, 6.07) is 9.52. The molecule has 2 aromatic rings. The highest BCUT2D eigenvalue weighted by molar-refractivity contribution is 14.1. The Morgan fingerprint density at radius 2 is 2.04 bits per heavy atom. The summed E-state index contributed by atoms with van der Waals surface area (Å²) in [4.78, 5) is 20.3. The van der Waals surface area contributed by atoms with Crippen LogP contribution in [0.25, 0.3) is 0 Å². The number of carbonyl (C=O) groups is 1. The number of aromatic nitrogens is 2. The summed E-state index contributed by atoms with van der Waals surface area (Å²) in [5.74, 6) is 0.237. The van der Waals surface area contributed by atoms with Gasteiger partial charge in [-0.2, -0.15) is 4.98 Å². The number of benzene rings is 1. The van der Waals surface area contributed by atoms with Gasteiger partial charge in [0.1, 0.15) is 12.4 Å². The van der Waals surface area contributed by atoms with Crippen LogP contribution in [-0.2, 0) is 17.9 Å². The molecule has 1 unspecified atom stereocenters. The molecule has 1 atom stereocenters. The molecule has 142 valence electrons. The van der Waals surface area contributed by atoms with Gasteiger partial charge in [0.25, 0.3) is 0 Å². The highest BCUT2D eigenvalue weighted by Crippen LogP contribution is 2.10. The lowest BCUT2D eigenvalue weighted by Crippen LogP contribution is -2.32. The first-order valence-electron chi connectivity index (χ1n) is 8.29. The Morgan fingerprint density at radius 3 is 2.67 bits per heavy atom. The standard InChI is InChI=1S/C19H22IN5O2/c1-3-4-16(13(2)25-20)18(26)23-11-14-5-7-15(8-6-14)12-27-19-22-10-9-17(21)24-19/h3-10,13,25H,1,11-12H2,2H3,(H,23,26)(H2,21,22,24)/b16-4+. The molecule has 7 nitrogen and oxygen atoms in total. The van der Waals surface area contributed by atoms with Crippen molar-refractivity contribution < 1.29 is 9.53 Å². The fourth-order valence-electron chi connectivity index (χ4n) is 2.21. The van der Waals surface area contributed by atoms with Crippen LogP contribution >= 0.6 is 22.9 Å². The van der Waals surface area contributed by atoms with Gasteiger partial charge in [0, 0.05) is 47.2 Å². The molecular formula is C19H22IN5O2. The average Bonchev–Trinajstić information content (AvgIpc) is 2.69. The van der Waals surface area contributed by atoms with E-state index in [0.29, 0.717) is 24.5 Å². The zero-order valence-electron chi connectivity index (χ0n) is 15.0. The molecule has 0 radical (unpaired) electrons.